The van der Waals surface area contributed by atoms with Crippen LogP contribution >= 0.6 is 0 Å². The lowest BCUT2D eigenvalue weighted by Crippen LogP contribution is -2.48. The number of hydrazine groups is 1. The molecule has 0 spiro atoms. The van der Waals surface area contributed by atoms with E-state index in [-0.39, 0.29) is 11.5 Å². The van der Waals surface area contributed by atoms with Crippen LogP contribution in [0.2, 0.25) is 0 Å². The summed E-state index contributed by atoms with van der Waals surface area (Å²) in [5.74, 6) is -0.400. The summed E-state index contributed by atoms with van der Waals surface area (Å²) in [6.07, 6.45) is 0.855. The van der Waals surface area contributed by atoms with Gasteiger partial charge in [-0.05, 0) is 24.1 Å². The molecule has 0 saturated heterocycles. The van der Waals surface area contributed by atoms with Crippen LogP contribution < -0.4 is 16.2 Å². The van der Waals surface area contributed by atoms with Gasteiger partial charge in [0.05, 0.1) is 16.8 Å². The number of para-hydroxylation sites is 1. The van der Waals surface area contributed by atoms with Crippen molar-refractivity contribution in [3.63, 3.8) is 0 Å². The van der Waals surface area contributed by atoms with E-state index in [1.807, 2.05) is 72.8 Å². The first-order valence-corrected chi connectivity index (χ1v) is 10.9. The number of carbonyl (C=O) groups is 2. The molecule has 1 aromatic heterocycles. The lowest BCUT2D eigenvalue weighted by molar-refractivity contribution is 0.0938. The van der Waals surface area contributed by atoms with Crippen molar-refractivity contribution in [2.75, 3.05) is 0 Å². The number of amides is 3. The van der Waals surface area contributed by atoms with Crippen LogP contribution in [0, 0.1) is 0 Å². The Morgan fingerprint density at radius 1 is 0.879 bits per heavy atom. The lowest BCUT2D eigenvalue weighted by Gasteiger charge is -2.14. The predicted octanol–water partition coefficient (Wildman–Crippen LogP) is 4.58. The normalized spacial score (nSPS) is 19.0. The minimum atomic E-state index is -0.436. The van der Waals surface area contributed by atoms with E-state index in [9.17, 15) is 9.59 Å². The molecule has 4 aromatic rings. The molecule has 0 radical (unpaired) electrons. The van der Waals surface area contributed by atoms with Crippen molar-refractivity contribution in [3.05, 3.63) is 102 Å². The van der Waals surface area contributed by atoms with Crippen LogP contribution in [0.1, 0.15) is 29.3 Å². The topological polar surface area (TPSA) is 83.1 Å². The third-order valence-electron chi connectivity index (χ3n) is 6.30. The van der Waals surface area contributed by atoms with Crippen LogP contribution in [-0.2, 0) is 5.41 Å². The van der Waals surface area contributed by atoms with Gasteiger partial charge in [-0.2, -0.15) is 0 Å². The van der Waals surface area contributed by atoms with Gasteiger partial charge in [0.15, 0.2) is 0 Å². The fraction of sp³-hybridized carbons (Fsp3) is 0.148. The Labute approximate surface area is 192 Å². The molecule has 3 amide bonds. The molecule has 3 N–H and O–H groups in total. The molecule has 2 unspecified atom stereocenters. The van der Waals surface area contributed by atoms with Gasteiger partial charge in [-0.15, -0.1) is 0 Å². The summed E-state index contributed by atoms with van der Waals surface area (Å²) < 4.78 is 0. The van der Waals surface area contributed by atoms with E-state index >= 15 is 0 Å². The number of benzene rings is 3. The number of nitrogens with zero attached hydrogens (tertiary/aromatic N) is 1. The minimum absolute atomic E-state index is 0.0169. The van der Waals surface area contributed by atoms with Crippen LogP contribution in [-0.4, -0.2) is 23.0 Å². The zero-order chi connectivity index (χ0) is 22.8. The molecule has 1 saturated carbocycles. The van der Waals surface area contributed by atoms with E-state index in [2.05, 4.69) is 35.2 Å². The van der Waals surface area contributed by atoms with Crippen LogP contribution in [0.3, 0.4) is 0 Å². The van der Waals surface area contributed by atoms with E-state index in [0.29, 0.717) is 16.8 Å². The molecule has 0 aliphatic heterocycles. The van der Waals surface area contributed by atoms with Crippen LogP contribution in [0.15, 0.2) is 91.0 Å². The summed E-state index contributed by atoms with van der Waals surface area (Å²) in [4.78, 5) is 30.2. The van der Waals surface area contributed by atoms with Crippen LogP contribution in [0.25, 0.3) is 22.2 Å². The summed E-state index contributed by atoms with van der Waals surface area (Å²) >= 11 is 0. The third kappa shape index (κ3) is 4.15. The number of urea groups is 1. The Balaban J connectivity index is 1.29. The Bertz CT molecular complexity index is 1320. The van der Waals surface area contributed by atoms with Gasteiger partial charge in [-0.25, -0.2) is 15.2 Å². The zero-order valence-electron chi connectivity index (χ0n) is 18.2. The number of aromatic nitrogens is 1. The highest BCUT2D eigenvalue weighted by atomic mass is 16.2. The molecule has 2 atom stereocenters. The highest BCUT2D eigenvalue weighted by Gasteiger charge is 2.52. The molecule has 3 aromatic carbocycles. The molecule has 1 aliphatic carbocycles. The molecular formula is C27H24N4O2. The summed E-state index contributed by atoms with van der Waals surface area (Å²) in [5, 5.41) is 3.67. The van der Waals surface area contributed by atoms with Gasteiger partial charge in [-0.1, -0.05) is 85.8 Å². The van der Waals surface area contributed by atoms with Crippen molar-refractivity contribution in [1.29, 1.82) is 0 Å². The molecule has 6 nitrogen and oxygen atoms in total. The number of rotatable bonds is 4. The second kappa shape index (κ2) is 8.39. The van der Waals surface area contributed by atoms with Gasteiger partial charge in [0.25, 0.3) is 5.91 Å². The standard InChI is InChI=1S/C27H24N4O2/c1-27(19-12-6-3-7-13-19)17-24(27)29-26(33)31-30-25(32)21-16-23(18-10-4-2-5-11-18)28-22-15-9-8-14-20(21)22/h2-16,24H,17H2,1H3,(H,30,32)(H2,29,31,33). The average molecular weight is 437 g/mol. The van der Waals surface area contributed by atoms with Crippen molar-refractivity contribution in [1.82, 2.24) is 21.2 Å². The van der Waals surface area contributed by atoms with E-state index in [1.54, 1.807) is 6.07 Å². The highest BCUT2D eigenvalue weighted by molar-refractivity contribution is 6.07. The first-order chi connectivity index (χ1) is 16.0. The molecular weight excluding hydrogens is 412 g/mol. The Kier molecular flexibility index (Phi) is 5.26. The van der Waals surface area contributed by atoms with Gasteiger partial charge >= 0.3 is 6.03 Å². The fourth-order valence-electron chi connectivity index (χ4n) is 4.21. The zero-order valence-corrected chi connectivity index (χ0v) is 18.2. The van der Waals surface area contributed by atoms with Crippen molar-refractivity contribution >= 4 is 22.8 Å². The van der Waals surface area contributed by atoms with Crippen molar-refractivity contribution in [3.8, 4) is 11.3 Å². The molecule has 33 heavy (non-hydrogen) atoms. The second-order valence-corrected chi connectivity index (χ2v) is 8.53. The Hall–Kier alpha value is -4.19. The maximum absolute atomic E-state index is 13.0. The van der Waals surface area contributed by atoms with Gasteiger partial charge in [0.2, 0.25) is 0 Å². The van der Waals surface area contributed by atoms with Crippen molar-refractivity contribution < 1.29 is 9.59 Å². The number of fused-ring (bicyclic) bond motifs is 1. The number of pyridine rings is 1. The van der Waals surface area contributed by atoms with E-state index in [4.69, 9.17) is 4.98 Å². The molecule has 1 heterocycles. The van der Waals surface area contributed by atoms with Crippen LogP contribution in [0.4, 0.5) is 4.79 Å². The predicted molar refractivity (Wildman–Crippen MR) is 129 cm³/mol. The summed E-state index contributed by atoms with van der Waals surface area (Å²) in [6.45, 7) is 2.13. The van der Waals surface area contributed by atoms with Gasteiger partial charge in [-0.3, -0.25) is 10.2 Å². The smallest absolute Gasteiger partial charge is 0.333 e. The average Bonchev–Trinajstić information content (AvgIpc) is 3.53. The quantitative estimate of drug-likeness (QED) is 0.410. The first kappa shape index (κ1) is 20.7. The molecule has 1 aliphatic rings. The Morgan fingerprint density at radius 3 is 2.30 bits per heavy atom. The number of hydrogen-bond donors (Lipinski definition) is 3. The molecule has 1 fully saturated rings. The van der Waals surface area contributed by atoms with E-state index in [0.717, 1.165) is 17.4 Å². The molecule has 6 heteroatoms. The van der Waals surface area contributed by atoms with E-state index < -0.39 is 11.9 Å². The highest BCUT2D eigenvalue weighted by Crippen LogP contribution is 2.47. The van der Waals surface area contributed by atoms with Crippen LogP contribution in [0.5, 0.6) is 0 Å². The fourth-order valence-corrected chi connectivity index (χ4v) is 4.21. The molecule has 5 rings (SSSR count). The van der Waals surface area contributed by atoms with Gasteiger partial charge in [0, 0.05) is 22.4 Å². The first-order valence-electron chi connectivity index (χ1n) is 10.9. The summed E-state index contributed by atoms with van der Waals surface area (Å²) in [7, 11) is 0. The Morgan fingerprint density at radius 2 is 1.55 bits per heavy atom. The van der Waals surface area contributed by atoms with Gasteiger partial charge < -0.3 is 5.32 Å². The van der Waals surface area contributed by atoms with Crippen molar-refractivity contribution in [2.24, 2.45) is 0 Å². The van der Waals surface area contributed by atoms with Crippen molar-refractivity contribution in [2.45, 2.75) is 24.8 Å². The second-order valence-electron chi connectivity index (χ2n) is 8.53. The maximum atomic E-state index is 13.0. The maximum Gasteiger partial charge on any atom is 0.333 e. The summed E-state index contributed by atoms with van der Waals surface area (Å²) in [5.41, 5.74) is 8.90. The number of nitrogens with one attached hydrogen (secondary N) is 3. The monoisotopic (exact) mass is 436 g/mol. The molecule has 0 bridgehead atoms. The number of hydrogen-bond acceptors (Lipinski definition) is 3. The lowest BCUT2D eigenvalue weighted by atomic mass is 9.98. The number of carbonyl (C=O) groups excluding carboxylic acids is 2. The van der Waals surface area contributed by atoms with E-state index in [1.165, 1.54) is 5.56 Å². The third-order valence-corrected chi connectivity index (χ3v) is 6.30. The largest absolute Gasteiger partial charge is 0.333 e. The summed E-state index contributed by atoms with van der Waals surface area (Å²) in [6, 6.07) is 28.6. The minimum Gasteiger partial charge on any atom is -0.333 e. The molecule has 164 valence electrons. The SMILES string of the molecule is CC1(c2ccccc2)CC1NC(=O)NNC(=O)c1cc(-c2ccccc2)nc2ccccc12. The van der Waals surface area contributed by atoms with Gasteiger partial charge in [0.1, 0.15) is 0 Å².